The molecule has 0 bridgehead atoms. The molecule has 0 saturated carbocycles. The number of rotatable bonds is 8. The molecule has 2 aromatic carbocycles. The zero-order chi connectivity index (χ0) is 19.1. The van der Waals surface area contributed by atoms with Gasteiger partial charge in [0.2, 0.25) is 5.91 Å². The van der Waals surface area contributed by atoms with Crippen molar-refractivity contribution in [2.75, 3.05) is 13.2 Å². The molecule has 0 spiro atoms. The van der Waals surface area contributed by atoms with Gasteiger partial charge in [-0.1, -0.05) is 30.3 Å². The van der Waals surface area contributed by atoms with E-state index in [9.17, 15) is 9.59 Å². The Morgan fingerprint density at radius 1 is 1.00 bits per heavy atom. The van der Waals surface area contributed by atoms with E-state index in [1.54, 1.807) is 18.2 Å². The van der Waals surface area contributed by atoms with Crippen molar-refractivity contribution in [1.82, 2.24) is 5.32 Å². The van der Waals surface area contributed by atoms with Gasteiger partial charge in [-0.25, -0.2) is 0 Å². The van der Waals surface area contributed by atoms with Crippen molar-refractivity contribution < 1.29 is 19.1 Å². The number of ether oxygens (including phenoxy) is 2. The Kier molecular flexibility index (Phi) is 6.47. The third-order valence-corrected chi connectivity index (χ3v) is 4.56. The molecule has 0 aromatic heterocycles. The molecule has 1 atom stereocenters. The van der Waals surface area contributed by atoms with Crippen LogP contribution in [0.25, 0.3) is 0 Å². The highest BCUT2D eigenvalue weighted by atomic mass is 16.6. The van der Waals surface area contributed by atoms with Gasteiger partial charge >= 0.3 is 0 Å². The quantitative estimate of drug-likeness (QED) is 0.725. The van der Waals surface area contributed by atoms with Gasteiger partial charge < -0.3 is 14.8 Å². The molecule has 0 radical (unpaired) electrons. The maximum Gasteiger partial charge on any atom is 0.220 e. The summed E-state index contributed by atoms with van der Waals surface area (Å²) in [7, 11) is 0. The summed E-state index contributed by atoms with van der Waals surface area (Å²) in [6.07, 6.45) is 2.14. The first-order valence-electron chi connectivity index (χ1n) is 9.38. The monoisotopic (exact) mass is 367 g/mol. The molecule has 3 rings (SSSR count). The summed E-state index contributed by atoms with van der Waals surface area (Å²) >= 11 is 0. The fourth-order valence-corrected chi connectivity index (χ4v) is 3.04. The Morgan fingerprint density at radius 2 is 1.74 bits per heavy atom. The van der Waals surface area contributed by atoms with Gasteiger partial charge in [0, 0.05) is 24.4 Å². The summed E-state index contributed by atoms with van der Waals surface area (Å²) in [6, 6.07) is 15.4. The Balaban J connectivity index is 1.42. The lowest BCUT2D eigenvalue weighted by atomic mass is 10.0. The summed E-state index contributed by atoms with van der Waals surface area (Å²) in [6.45, 7) is 2.99. The number of fused-ring (bicyclic) bond motifs is 1. The summed E-state index contributed by atoms with van der Waals surface area (Å²) in [5, 5.41) is 2.97. The van der Waals surface area contributed by atoms with E-state index in [0.29, 0.717) is 30.3 Å². The smallest absolute Gasteiger partial charge is 0.220 e. The van der Waals surface area contributed by atoms with Crippen molar-refractivity contribution in [3.63, 3.8) is 0 Å². The van der Waals surface area contributed by atoms with Crippen molar-refractivity contribution in [3.8, 4) is 11.5 Å². The minimum absolute atomic E-state index is 0.0703. The number of carbonyl (C=O) groups is 2. The Hall–Kier alpha value is -2.82. The van der Waals surface area contributed by atoms with E-state index < -0.39 is 0 Å². The Bertz CT molecular complexity index is 788. The molecule has 1 N–H and O–H groups in total. The first-order chi connectivity index (χ1) is 13.1. The number of nitrogens with one attached hydrogen (secondary N) is 1. The zero-order valence-corrected chi connectivity index (χ0v) is 15.6. The van der Waals surface area contributed by atoms with Crippen LogP contribution in [0.1, 0.15) is 42.1 Å². The van der Waals surface area contributed by atoms with Crippen LogP contribution in [-0.2, 0) is 11.2 Å². The minimum Gasteiger partial charge on any atom is -0.486 e. The highest BCUT2D eigenvalue weighted by Gasteiger charge is 2.16. The Morgan fingerprint density at radius 3 is 2.52 bits per heavy atom. The minimum atomic E-state index is -0.0959. The van der Waals surface area contributed by atoms with E-state index in [1.165, 1.54) is 5.56 Å². The van der Waals surface area contributed by atoms with E-state index in [1.807, 2.05) is 25.1 Å². The summed E-state index contributed by atoms with van der Waals surface area (Å²) in [5.41, 5.74) is 1.80. The molecule has 0 aliphatic carbocycles. The van der Waals surface area contributed by atoms with E-state index in [2.05, 4.69) is 17.4 Å². The number of hydrogen-bond acceptors (Lipinski definition) is 4. The normalized spacial score (nSPS) is 13.7. The molecule has 1 aliphatic heterocycles. The van der Waals surface area contributed by atoms with Gasteiger partial charge in [0.25, 0.3) is 0 Å². The number of ketones is 1. The van der Waals surface area contributed by atoms with Crippen molar-refractivity contribution in [1.29, 1.82) is 0 Å². The molecule has 5 heteroatoms. The first-order valence-corrected chi connectivity index (χ1v) is 9.38. The average molecular weight is 367 g/mol. The fourth-order valence-electron chi connectivity index (χ4n) is 3.04. The maximum absolute atomic E-state index is 12.4. The van der Waals surface area contributed by atoms with Gasteiger partial charge in [0.05, 0.1) is 0 Å². The number of aryl methyl sites for hydroxylation is 1. The molecular formula is C22H25NO4. The molecule has 1 amide bonds. The van der Waals surface area contributed by atoms with Gasteiger partial charge in [-0.05, 0) is 43.5 Å². The third kappa shape index (κ3) is 5.58. The van der Waals surface area contributed by atoms with Crippen LogP contribution in [-0.4, -0.2) is 30.9 Å². The standard InChI is InChI=1S/C22H25NO4/c1-16(7-8-17-5-3-2-4-6-17)23-22(25)12-10-19(24)18-9-11-20-21(15-18)27-14-13-26-20/h2-6,9,11,15-16H,7-8,10,12-14H2,1H3,(H,23,25). The van der Waals surface area contributed by atoms with Gasteiger partial charge in [-0.2, -0.15) is 0 Å². The van der Waals surface area contributed by atoms with E-state index >= 15 is 0 Å². The molecule has 142 valence electrons. The first kappa shape index (κ1) is 19.0. The van der Waals surface area contributed by atoms with Crippen LogP contribution < -0.4 is 14.8 Å². The molecule has 27 heavy (non-hydrogen) atoms. The molecule has 1 unspecified atom stereocenters. The van der Waals surface area contributed by atoms with Crippen LogP contribution in [0.2, 0.25) is 0 Å². The second-order valence-electron chi connectivity index (χ2n) is 6.77. The Labute approximate surface area is 159 Å². The van der Waals surface area contributed by atoms with E-state index in [4.69, 9.17) is 9.47 Å². The van der Waals surface area contributed by atoms with Crippen LogP contribution >= 0.6 is 0 Å². The fraction of sp³-hybridized carbons (Fsp3) is 0.364. The number of benzene rings is 2. The lowest BCUT2D eigenvalue weighted by Gasteiger charge is -2.18. The van der Waals surface area contributed by atoms with Crippen LogP contribution in [0.3, 0.4) is 0 Å². The predicted octanol–water partition coefficient (Wildman–Crippen LogP) is 3.56. The number of hydrogen-bond donors (Lipinski definition) is 1. The molecule has 1 aliphatic rings. The molecule has 0 fully saturated rings. The highest BCUT2D eigenvalue weighted by Crippen LogP contribution is 2.31. The average Bonchev–Trinajstić information content (AvgIpc) is 2.71. The summed E-state index contributed by atoms with van der Waals surface area (Å²) in [4.78, 5) is 24.5. The van der Waals surface area contributed by atoms with Gasteiger partial charge in [0.15, 0.2) is 17.3 Å². The lowest BCUT2D eigenvalue weighted by molar-refractivity contribution is -0.121. The molecule has 2 aromatic rings. The molecule has 0 saturated heterocycles. The molecule has 1 heterocycles. The van der Waals surface area contributed by atoms with Crippen LogP contribution in [0.4, 0.5) is 0 Å². The second-order valence-corrected chi connectivity index (χ2v) is 6.77. The summed E-state index contributed by atoms with van der Waals surface area (Å²) < 4.78 is 11.0. The van der Waals surface area contributed by atoms with E-state index in [0.717, 1.165) is 12.8 Å². The zero-order valence-electron chi connectivity index (χ0n) is 15.6. The maximum atomic E-state index is 12.4. The predicted molar refractivity (Wildman–Crippen MR) is 103 cm³/mol. The SMILES string of the molecule is CC(CCc1ccccc1)NC(=O)CCC(=O)c1ccc2c(c1)OCCO2. The largest absolute Gasteiger partial charge is 0.486 e. The topological polar surface area (TPSA) is 64.6 Å². The van der Waals surface area contributed by atoms with E-state index in [-0.39, 0.29) is 30.6 Å². The number of amides is 1. The van der Waals surface area contributed by atoms with Gasteiger partial charge in [0.1, 0.15) is 13.2 Å². The van der Waals surface area contributed by atoms with Gasteiger partial charge in [-0.3, -0.25) is 9.59 Å². The summed E-state index contributed by atoms with van der Waals surface area (Å²) in [5.74, 6) is 1.08. The van der Waals surface area contributed by atoms with Crippen LogP contribution in [0.15, 0.2) is 48.5 Å². The van der Waals surface area contributed by atoms with Gasteiger partial charge in [-0.15, -0.1) is 0 Å². The number of Topliss-reactive ketones (excluding diaryl/α,β-unsaturated/α-hetero) is 1. The van der Waals surface area contributed by atoms with Crippen molar-refractivity contribution in [2.24, 2.45) is 0 Å². The highest BCUT2D eigenvalue weighted by molar-refractivity contribution is 5.98. The third-order valence-electron chi connectivity index (χ3n) is 4.56. The lowest BCUT2D eigenvalue weighted by Crippen LogP contribution is -2.33. The van der Waals surface area contributed by atoms with Crippen LogP contribution in [0.5, 0.6) is 11.5 Å². The van der Waals surface area contributed by atoms with Crippen molar-refractivity contribution >= 4 is 11.7 Å². The molecular weight excluding hydrogens is 342 g/mol. The second kappa shape index (κ2) is 9.21. The van der Waals surface area contributed by atoms with Crippen molar-refractivity contribution in [2.45, 2.75) is 38.6 Å². The van der Waals surface area contributed by atoms with Crippen LogP contribution in [0, 0.1) is 0 Å². The number of carbonyl (C=O) groups excluding carboxylic acids is 2. The molecule has 5 nitrogen and oxygen atoms in total. The van der Waals surface area contributed by atoms with Crippen molar-refractivity contribution in [3.05, 3.63) is 59.7 Å².